The molecule has 208 valence electrons. The second-order valence-electron chi connectivity index (χ2n) is 9.08. The van der Waals surface area contributed by atoms with Crippen LogP contribution in [0.2, 0.25) is 0 Å². The summed E-state index contributed by atoms with van der Waals surface area (Å²) in [4.78, 5) is 56.2. The molecule has 40 heavy (non-hydrogen) atoms. The molecule has 2 atom stereocenters. The van der Waals surface area contributed by atoms with Crippen LogP contribution < -0.4 is 21.5 Å². The second-order valence-corrected chi connectivity index (χ2v) is 9.94. The number of alkyl halides is 3. The molecule has 1 saturated heterocycles. The topological polar surface area (TPSA) is 157 Å². The van der Waals surface area contributed by atoms with E-state index in [1.807, 2.05) is 0 Å². The van der Waals surface area contributed by atoms with Crippen molar-refractivity contribution in [1.82, 2.24) is 33.6 Å². The zero-order chi connectivity index (χ0) is 28.8. The van der Waals surface area contributed by atoms with Gasteiger partial charge in [-0.1, -0.05) is 0 Å². The highest BCUT2D eigenvalue weighted by atomic mass is 32.1. The highest BCUT2D eigenvalue weighted by Gasteiger charge is 2.46. The summed E-state index contributed by atoms with van der Waals surface area (Å²) >= 11 is 1.17. The minimum absolute atomic E-state index is 0.00837. The molecule has 0 aliphatic carbocycles. The number of nitrogens with one attached hydrogen (secondary N) is 1. The number of hydrogen-bond donors (Lipinski definition) is 1. The van der Waals surface area contributed by atoms with E-state index in [-0.39, 0.29) is 35.9 Å². The number of anilines is 2. The lowest BCUT2D eigenvalue weighted by Gasteiger charge is -2.26. The molecule has 1 aliphatic rings. The molecule has 0 saturated carbocycles. The lowest BCUT2D eigenvalue weighted by molar-refractivity contribution is -0.146. The van der Waals surface area contributed by atoms with Gasteiger partial charge in [0.2, 0.25) is 11.9 Å². The Morgan fingerprint density at radius 3 is 2.67 bits per heavy atom. The van der Waals surface area contributed by atoms with E-state index in [1.54, 1.807) is 11.4 Å². The van der Waals surface area contributed by atoms with Gasteiger partial charge in [-0.25, -0.2) is 29.3 Å². The standard InChI is InChI=1S/C23H21F3N10O3S/c1-12(36-11-30-17-16(36)20(38)35(7-5-27)22(39)33(17)2)18(37)31-15-10-40-19(32-15)13-8-28-21(29-9-13)34-6-3-4-14(34)23(24,25)26/h8-12,14H,3-4,6-7H2,1-2H3,(H,31,37). The average Bonchev–Trinajstić information content (AvgIpc) is 3.69. The highest BCUT2D eigenvalue weighted by molar-refractivity contribution is 7.13. The first-order valence-electron chi connectivity index (χ1n) is 12.0. The number of halogens is 3. The van der Waals surface area contributed by atoms with E-state index in [2.05, 4.69) is 25.3 Å². The third-order valence-electron chi connectivity index (χ3n) is 6.61. The van der Waals surface area contributed by atoms with Crippen molar-refractivity contribution < 1.29 is 18.0 Å². The van der Waals surface area contributed by atoms with Crippen LogP contribution in [0.25, 0.3) is 21.7 Å². The van der Waals surface area contributed by atoms with Crippen LogP contribution in [-0.2, 0) is 18.4 Å². The van der Waals surface area contributed by atoms with E-state index in [1.165, 1.54) is 48.6 Å². The van der Waals surface area contributed by atoms with Crippen LogP contribution in [0, 0.1) is 11.3 Å². The Morgan fingerprint density at radius 1 is 1.27 bits per heavy atom. The SMILES string of the molecule is CC(C(=O)Nc1csc(-c2cnc(N3CCCC3C(F)(F)F)nc2)n1)n1cnc2c1c(=O)n(CC#N)c(=O)n2C. The van der Waals surface area contributed by atoms with Crippen molar-refractivity contribution in [2.24, 2.45) is 7.05 Å². The lowest BCUT2D eigenvalue weighted by atomic mass is 10.2. The summed E-state index contributed by atoms with van der Waals surface area (Å²) in [6, 6.07) is -0.789. The predicted molar refractivity (Wildman–Crippen MR) is 138 cm³/mol. The molecule has 0 spiro atoms. The van der Waals surface area contributed by atoms with Gasteiger partial charge < -0.3 is 14.8 Å². The number of imidazole rings is 1. The third kappa shape index (κ3) is 4.70. The number of nitriles is 1. The van der Waals surface area contributed by atoms with Crippen molar-refractivity contribution in [3.05, 3.63) is 44.9 Å². The van der Waals surface area contributed by atoms with Gasteiger partial charge in [0.25, 0.3) is 5.56 Å². The second kappa shape index (κ2) is 10.2. The van der Waals surface area contributed by atoms with E-state index >= 15 is 0 Å². The van der Waals surface area contributed by atoms with E-state index in [0.29, 0.717) is 17.0 Å². The first-order valence-corrected chi connectivity index (χ1v) is 12.8. The fourth-order valence-corrected chi connectivity index (χ4v) is 5.27. The Morgan fingerprint density at radius 2 is 2.00 bits per heavy atom. The largest absolute Gasteiger partial charge is 0.408 e. The number of carbonyl (C=O) groups is 1. The number of nitrogens with zero attached hydrogens (tertiary/aromatic N) is 9. The summed E-state index contributed by atoms with van der Waals surface area (Å²) in [5, 5.41) is 13.7. The monoisotopic (exact) mass is 574 g/mol. The van der Waals surface area contributed by atoms with Crippen LogP contribution in [0.15, 0.2) is 33.7 Å². The molecule has 13 nitrogen and oxygen atoms in total. The Hall–Kier alpha value is -4.59. The minimum atomic E-state index is -4.37. The maximum atomic E-state index is 13.3. The number of rotatable bonds is 6. The van der Waals surface area contributed by atoms with Gasteiger partial charge >= 0.3 is 11.9 Å². The quantitative estimate of drug-likeness (QED) is 0.364. The van der Waals surface area contributed by atoms with Gasteiger partial charge in [0.1, 0.15) is 29.5 Å². The van der Waals surface area contributed by atoms with E-state index in [0.717, 1.165) is 14.0 Å². The maximum absolute atomic E-state index is 13.3. The minimum Gasteiger partial charge on any atom is -0.329 e. The zero-order valence-electron chi connectivity index (χ0n) is 21.1. The summed E-state index contributed by atoms with van der Waals surface area (Å²) < 4.78 is 43.1. The van der Waals surface area contributed by atoms with Gasteiger partial charge in [-0.2, -0.15) is 18.4 Å². The van der Waals surface area contributed by atoms with Gasteiger partial charge in [-0.05, 0) is 19.8 Å². The van der Waals surface area contributed by atoms with E-state index in [9.17, 15) is 27.6 Å². The molecule has 1 fully saturated rings. The summed E-state index contributed by atoms with van der Waals surface area (Å²) in [5.74, 6) is -0.340. The Labute approximate surface area is 227 Å². The molecule has 0 radical (unpaired) electrons. The number of fused-ring (bicyclic) bond motifs is 1. The van der Waals surface area contributed by atoms with Crippen LogP contribution in [0.3, 0.4) is 0 Å². The van der Waals surface area contributed by atoms with Gasteiger partial charge in [-0.15, -0.1) is 11.3 Å². The van der Waals surface area contributed by atoms with E-state index in [4.69, 9.17) is 5.26 Å². The number of hydrogen-bond acceptors (Lipinski definition) is 10. The number of aromatic nitrogens is 7. The number of aryl methyl sites for hydroxylation is 1. The molecular formula is C23H21F3N10O3S. The number of carbonyl (C=O) groups excluding carboxylic acids is 1. The average molecular weight is 575 g/mol. The van der Waals surface area contributed by atoms with Crippen molar-refractivity contribution in [2.75, 3.05) is 16.8 Å². The predicted octanol–water partition coefficient (Wildman–Crippen LogP) is 2.06. The Kier molecular flexibility index (Phi) is 6.87. The summed E-state index contributed by atoms with van der Waals surface area (Å²) in [6.07, 6.45) is 0.0503. The normalized spacial score (nSPS) is 16.3. The van der Waals surface area contributed by atoms with Crippen molar-refractivity contribution in [3.63, 3.8) is 0 Å². The molecule has 17 heteroatoms. The van der Waals surface area contributed by atoms with Crippen molar-refractivity contribution in [2.45, 2.75) is 44.6 Å². The summed E-state index contributed by atoms with van der Waals surface area (Å²) in [7, 11) is 1.41. The summed E-state index contributed by atoms with van der Waals surface area (Å²) in [6.45, 7) is 1.28. The van der Waals surface area contributed by atoms with Crippen molar-refractivity contribution in [1.29, 1.82) is 5.26 Å². The summed E-state index contributed by atoms with van der Waals surface area (Å²) in [5.41, 5.74) is -0.925. The molecule has 4 aromatic rings. The zero-order valence-corrected chi connectivity index (χ0v) is 21.9. The van der Waals surface area contributed by atoms with Gasteiger partial charge in [-0.3, -0.25) is 14.2 Å². The first-order chi connectivity index (χ1) is 19.0. The Bertz CT molecular complexity index is 1750. The van der Waals surface area contributed by atoms with Crippen molar-refractivity contribution >= 4 is 40.2 Å². The molecule has 1 aliphatic heterocycles. The molecule has 1 N–H and O–H groups in total. The Balaban J connectivity index is 1.34. The molecular weight excluding hydrogens is 553 g/mol. The van der Waals surface area contributed by atoms with Gasteiger partial charge in [0.15, 0.2) is 11.2 Å². The molecule has 5 heterocycles. The van der Waals surface area contributed by atoms with Crippen LogP contribution >= 0.6 is 11.3 Å². The molecule has 5 rings (SSSR count). The maximum Gasteiger partial charge on any atom is 0.408 e. The first kappa shape index (κ1) is 27.0. The number of thiazole rings is 1. The molecule has 1 amide bonds. The fraction of sp³-hybridized carbons (Fsp3) is 0.391. The molecule has 0 bridgehead atoms. The molecule has 4 aromatic heterocycles. The third-order valence-corrected chi connectivity index (χ3v) is 7.50. The van der Waals surface area contributed by atoms with Crippen LogP contribution in [-0.4, -0.2) is 58.3 Å². The fourth-order valence-electron chi connectivity index (χ4n) is 4.54. The van der Waals surface area contributed by atoms with Crippen molar-refractivity contribution in [3.8, 4) is 16.6 Å². The highest BCUT2D eigenvalue weighted by Crippen LogP contribution is 2.35. The van der Waals surface area contributed by atoms with Gasteiger partial charge in [0, 0.05) is 36.9 Å². The van der Waals surface area contributed by atoms with Crippen LogP contribution in [0.1, 0.15) is 25.8 Å². The number of amides is 1. The van der Waals surface area contributed by atoms with Crippen LogP contribution in [0.5, 0.6) is 0 Å². The van der Waals surface area contributed by atoms with Crippen LogP contribution in [0.4, 0.5) is 24.9 Å². The van der Waals surface area contributed by atoms with Gasteiger partial charge in [0.05, 0.1) is 12.4 Å². The molecule has 2 unspecified atom stereocenters. The van der Waals surface area contributed by atoms with E-state index < -0.39 is 42.0 Å². The smallest absolute Gasteiger partial charge is 0.329 e. The lowest BCUT2D eigenvalue weighted by Crippen LogP contribution is -2.42. The molecule has 0 aromatic carbocycles.